The monoisotopic (exact) mass is 584 g/mol. The molecular formula is C33H35F3O6. The zero-order valence-electron chi connectivity index (χ0n) is 24.1. The highest BCUT2D eigenvalue weighted by molar-refractivity contribution is 5.77. The molecule has 0 radical (unpaired) electrons. The molecule has 0 saturated carbocycles. The van der Waals surface area contributed by atoms with Gasteiger partial charge in [0.05, 0.1) is 30.8 Å². The number of carboxylic acid groups (broad SMARTS) is 1. The van der Waals surface area contributed by atoms with Crippen molar-refractivity contribution in [3.8, 4) is 28.4 Å². The van der Waals surface area contributed by atoms with Crippen LogP contribution in [0.25, 0.3) is 11.1 Å². The standard InChI is InChI=1S/C33H35F3O6/c1-18-11-23(40-10-9-32(3,4)39)12-19(2)31(18)27-15-21(33(34,35)36)14-26-25(27)7-8-28(26)42-22-5-6-24-20(13-30(37)38)17-41-29(24)16-22/h5-6,11-12,14-16,20,28,39H,7-10,13,17H2,1-4H3,(H,37,38)/t20?,28-/m1/s1. The van der Waals surface area contributed by atoms with Crippen molar-refractivity contribution in [2.45, 2.75) is 77.2 Å². The van der Waals surface area contributed by atoms with E-state index in [1.54, 1.807) is 32.0 Å². The lowest BCUT2D eigenvalue weighted by atomic mass is 9.88. The zero-order chi connectivity index (χ0) is 30.4. The van der Waals surface area contributed by atoms with E-state index in [1.165, 1.54) is 12.1 Å². The Hall–Kier alpha value is -3.72. The largest absolute Gasteiger partial charge is 0.493 e. The van der Waals surface area contributed by atoms with Crippen LogP contribution in [-0.4, -0.2) is 35.0 Å². The molecular weight excluding hydrogens is 549 g/mol. The number of ether oxygens (including phenoxy) is 3. The molecule has 9 heteroatoms. The number of fused-ring (bicyclic) bond motifs is 2. The van der Waals surface area contributed by atoms with Gasteiger partial charge in [-0.05, 0) is 104 Å². The Balaban J connectivity index is 1.46. The molecule has 2 N–H and O–H groups in total. The van der Waals surface area contributed by atoms with E-state index in [0.29, 0.717) is 54.2 Å². The van der Waals surface area contributed by atoms with Gasteiger partial charge in [0.2, 0.25) is 0 Å². The number of hydrogen-bond donors (Lipinski definition) is 2. The topological polar surface area (TPSA) is 85.2 Å². The summed E-state index contributed by atoms with van der Waals surface area (Å²) < 4.78 is 60.2. The predicted molar refractivity (Wildman–Crippen MR) is 151 cm³/mol. The fraction of sp³-hybridized carbons (Fsp3) is 0.424. The summed E-state index contributed by atoms with van der Waals surface area (Å²) in [4.78, 5) is 11.2. The van der Waals surface area contributed by atoms with Crippen molar-refractivity contribution in [3.05, 3.63) is 75.8 Å². The maximum absolute atomic E-state index is 14.1. The van der Waals surface area contributed by atoms with Gasteiger partial charge in [-0.15, -0.1) is 0 Å². The van der Waals surface area contributed by atoms with Crippen molar-refractivity contribution in [2.24, 2.45) is 0 Å². The lowest BCUT2D eigenvalue weighted by molar-refractivity contribution is -0.138. The summed E-state index contributed by atoms with van der Waals surface area (Å²) in [6.45, 7) is 7.71. The molecule has 0 saturated heterocycles. The Kier molecular flexibility index (Phi) is 7.91. The van der Waals surface area contributed by atoms with Crippen LogP contribution in [0.2, 0.25) is 0 Å². The quantitative estimate of drug-likeness (QED) is 0.270. The SMILES string of the molecule is Cc1cc(OCCC(C)(C)O)cc(C)c1-c1cc(C(F)(F)F)cc2c1CC[C@H]2Oc1ccc2c(c1)OCC2CC(=O)O. The second kappa shape index (κ2) is 11.2. The van der Waals surface area contributed by atoms with Gasteiger partial charge in [-0.2, -0.15) is 13.2 Å². The van der Waals surface area contributed by atoms with E-state index in [0.717, 1.165) is 27.8 Å². The third-order valence-electron chi connectivity index (χ3n) is 7.94. The molecule has 2 aliphatic rings. The van der Waals surface area contributed by atoms with Crippen molar-refractivity contribution in [2.75, 3.05) is 13.2 Å². The van der Waals surface area contributed by atoms with E-state index in [-0.39, 0.29) is 18.9 Å². The highest BCUT2D eigenvalue weighted by Crippen LogP contribution is 2.47. The van der Waals surface area contributed by atoms with Crippen LogP contribution in [0, 0.1) is 13.8 Å². The third kappa shape index (κ3) is 6.36. The van der Waals surface area contributed by atoms with Crippen molar-refractivity contribution in [1.29, 1.82) is 0 Å². The normalized spacial score (nSPS) is 17.9. The number of benzene rings is 3. The predicted octanol–water partition coefficient (Wildman–Crippen LogP) is 7.55. The average molecular weight is 585 g/mol. The molecule has 0 bridgehead atoms. The van der Waals surface area contributed by atoms with Gasteiger partial charge in [0.15, 0.2) is 0 Å². The number of alkyl halides is 3. The third-order valence-corrected chi connectivity index (χ3v) is 7.94. The minimum absolute atomic E-state index is 0.0427. The van der Waals surface area contributed by atoms with Crippen LogP contribution in [-0.2, 0) is 17.4 Å². The van der Waals surface area contributed by atoms with Gasteiger partial charge in [-0.3, -0.25) is 4.79 Å². The fourth-order valence-corrected chi connectivity index (χ4v) is 5.93. The molecule has 5 rings (SSSR count). The highest BCUT2D eigenvalue weighted by Gasteiger charge is 2.36. The van der Waals surface area contributed by atoms with E-state index in [1.807, 2.05) is 26.0 Å². The van der Waals surface area contributed by atoms with Gasteiger partial charge < -0.3 is 24.4 Å². The maximum atomic E-state index is 14.1. The van der Waals surface area contributed by atoms with Gasteiger partial charge in [-0.25, -0.2) is 0 Å². The van der Waals surface area contributed by atoms with Gasteiger partial charge in [0.1, 0.15) is 23.4 Å². The molecule has 0 fully saturated rings. The van der Waals surface area contributed by atoms with E-state index in [9.17, 15) is 23.1 Å². The highest BCUT2D eigenvalue weighted by atomic mass is 19.4. The summed E-state index contributed by atoms with van der Waals surface area (Å²) >= 11 is 0. The number of aliphatic hydroxyl groups is 1. The lowest BCUT2D eigenvalue weighted by Gasteiger charge is -2.21. The van der Waals surface area contributed by atoms with E-state index in [2.05, 4.69) is 0 Å². The van der Waals surface area contributed by atoms with E-state index in [4.69, 9.17) is 19.3 Å². The number of halogens is 3. The summed E-state index contributed by atoms with van der Waals surface area (Å²) in [5, 5.41) is 19.1. The van der Waals surface area contributed by atoms with Crippen LogP contribution in [0.15, 0.2) is 42.5 Å². The smallest absolute Gasteiger partial charge is 0.416 e. The molecule has 0 aromatic heterocycles. The molecule has 0 amide bonds. The average Bonchev–Trinajstić information content (AvgIpc) is 3.46. The summed E-state index contributed by atoms with van der Waals surface area (Å²) in [7, 11) is 0. The second-order valence-electron chi connectivity index (χ2n) is 11.9. The first-order valence-electron chi connectivity index (χ1n) is 14.1. The van der Waals surface area contributed by atoms with Crippen LogP contribution in [0.3, 0.4) is 0 Å². The van der Waals surface area contributed by atoms with Crippen LogP contribution >= 0.6 is 0 Å². The summed E-state index contributed by atoms with van der Waals surface area (Å²) in [6, 6.07) is 11.3. The Morgan fingerprint density at radius 1 is 1.02 bits per heavy atom. The number of carboxylic acids is 1. The number of aliphatic carboxylic acids is 1. The second-order valence-corrected chi connectivity index (χ2v) is 11.9. The molecule has 42 heavy (non-hydrogen) atoms. The molecule has 1 aliphatic carbocycles. The molecule has 1 unspecified atom stereocenters. The van der Waals surface area contributed by atoms with Gasteiger partial charge in [-0.1, -0.05) is 6.07 Å². The van der Waals surface area contributed by atoms with E-state index >= 15 is 0 Å². The summed E-state index contributed by atoms with van der Waals surface area (Å²) in [6.07, 6.45) is -3.66. The van der Waals surface area contributed by atoms with Crippen LogP contribution in [0.4, 0.5) is 13.2 Å². The Morgan fingerprint density at radius 3 is 2.38 bits per heavy atom. The Bertz CT molecular complexity index is 1480. The molecule has 224 valence electrons. The molecule has 0 spiro atoms. The zero-order valence-corrected chi connectivity index (χ0v) is 24.1. The Labute approximate surface area is 243 Å². The fourth-order valence-electron chi connectivity index (χ4n) is 5.93. The minimum Gasteiger partial charge on any atom is -0.493 e. The number of hydrogen-bond acceptors (Lipinski definition) is 5. The maximum Gasteiger partial charge on any atom is 0.416 e. The number of aryl methyl sites for hydroxylation is 2. The van der Waals surface area contributed by atoms with Crippen LogP contribution in [0.5, 0.6) is 17.2 Å². The molecule has 3 aromatic carbocycles. The van der Waals surface area contributed by atoms with Crippen molar-refractivity contribution in [3.63, 3.8) is 0 Å². The Morgan fingerprint density at radius 2 is 1.74 bits per heavy atom. The van der Waals surface area contributed by atoms with Gasteiger partial charge in [0, 0.05) is 24.0 Å². The first kappa shape index (κ1) is 29.8. The minimum atomic E-state index is -4.54. The summed E-state index contributed by atoms with van der Waals surface area (Å²) in [5.41, 5.74) is 3.40. The van der Waals surface area contributed by atoms with Crippen LogP contribution < -0.4 is 14.2 Å². The van der Waals surface area contributed by atoms with Crippen molar-refractivity contribution >= 4 is 5.97 Å². The molecule has 6 nitrogen and oxygen atoms in total. The molecule has 3 aromatic rings. The van der Waals surface area contributed by atoms with Crippen molar-refractivity contribution < 1.29 is 42.4 Å². The first-order valence-corrected chi connectivity index (χ1v) is 14.1. The molecule has 1 aliphatic heterocycles. The number of rotatable bonds is 9. The van der Waals surface area contributed by atoms with Gasteiger partial charge >= 0.3 is 12.1 Å². The summed E-state index contributed by atoms with van der Waals surface area (Å²) in [5.74, 6) is 0.445. The number of carbonyl (C=O) groups is 1. The molecule has 2 atom stereocenters. The lowest BCUT2D eigenvalue weighted by Crippen LogP contribution is -2.21. The van der Waals surface area contributed by atoms with E-state index < -0.39 is 29.4 Å². The first-order chi connectivity index (χ1) is 19.7. The molecule has 1 heterocycles. The van der Waals surface area contributed by atoms with Crippen molar-refractivity contribution in [1.82, 2.24) is 0 Å². The van der Waals surface area contributed by atoms with Gasteiger partial charge in [0.25, 0.3) is 0 Å². The van der Waals surface area contributed by atoms with Crippen LogP contribution in [0.1, 0.15) is 78.5 Å².